The number of halogens is 2. The lowest BCUT2D eigenvalue weighted by Gasteiger charge is -2.30. The Morgan fingerprint density at radius 1 is 1.13 bits per heavy atom. The van der Waals surface area contributed by atoms with Crippen molar-refractivity contribution in [1.82, 2.24) is 34.5 Å². The minimum atomic E-state index is -1.13. The molecule has 0 unspecified atom stereocenters. The smallest absolute Gasteiger partial charge is 0.338 e. The van der Waals surface area contributed by atoms with Crippen LogP contribution in [0.2, 0.25) is 5.02 Å². The third kappa shape index (κ3) is 3.79. The largest absolute Gasteiger partial charge is 0.478 e. The Balaban J connectivity index is 1.24. The number of H-pyrrole nitrogens is 1. The second-order valence-corrected chi connectivity index (χ2v) is 9.89. The monoisotopic (exact) mass is 537 g/mol. The second kappa shape index (κ2) is 8.62. The molecule has 38 heavy (non-hydrogen) atoms. The van der Waals surface area contributed by atoms with Crippen LogP contribution in [0.15, 0.2) is 36.8 Å². The molecule has 2 amide bonds. The molecule has 1 aliphatic heterocycles. The summed E-state index contributed by atoms with van der Waals surface area (Å²) in [6, 6.07) is 4.29. The lowest BCUT2D eigenvalue weighted by Crippen LogP contribution is -2.41. The number of aromatic amines is 1. The van der Waals surface area contributed by atoms with Crippen molar-refractivity contribution in [3.05, 3.63) is 76.0 Å². The summed E-state index contributed by atoms with van der Waals surface area (Å²) < 4.78 is 15.6. The maximum absolute atomic E-state index is 13.9. The standard InChI is InChI=1S/C25H21ClFN7O4/c1-32(25(2-3-25)24-28-9-14(10-29-24)23(37)38)21(35)15-11-30-34-5-4-33(12-20(15)34)22(36)19-7-13-6-17(27)16(26)8-18(13)31-19/h6-11,31H,2-5,12H2,1H3,(H,37,38). The van der Waals surface area contributed by atoms with Crippen LogP contribution in [0.1, 0.15) is 55.6 Å². The van der Waals surface area contributed by atoms with Gasteiger partial charge < -0.3 is 19.9 Å². The van der Waals surface area contributed by atoms with E-state index in [1.165, 1.54) is 30.7 Å². The number of carboxylic acid groups (broad SMARTS) is 1. The lowest BCUT2D eigenvalue weighted by molar-refractivity contribution is 0.0664. The number of rotatable bonds is 5. The zero-order chi connectivity index (χ0) is 26.8. The first-order valence-electron chi connectivity index (χ1n) is 11.8. The van der Waals surface area contributed by atoms with Gasteiger partial charge >= 0.3 is 5.97 Å². The van der Waals surface area contributed by atoms with Gasteiger partial charge in [-0.3, -0.25) is 14.3 Å². The molecule has 0 atom stereocenters. The zero-order valence-corrected chi connectivity index (χ0v) is 20.9. The van der Waals surface area contributed by atoms with Gasteiger partial charge in [0.2, 0.25) is 0 Å². The summed E-state index contributed by atoms with van der Waals surface area (Å²) in [6.45, 7) is 0.952. The van der Waals surface area contributed by atoms with Crippen LogP contribution in [0.3, 0.4) is 0 Å². The molecule has 6 rings (SSSR count). The summed E-state index contributed by atoms with van der Waals surface area (Å²) in [7, 11) is 1.66. The van der Waals surface area contributed by atoms with Gasteiger partial charge in [-0.1, -0.05) is 11.6 Å². The number of carbonyl (C=O) groups excluding carboxylic acids is 2. The molecule has 0 bridgehead atoms. The topological polar surface area (TPSA) is 137 Å². The Morgan fingerprint density at radius 2 is 1.87 bits per heavy atom. The van der Waals surface area contributed by atoms with Gasteiger partial charge in [0.05, 0.1) is 41.1 Å². The predicted molar refractivity (Wildman–Crippen MR) is 132 cm³/mol. The van der Waals surface area contributed by atoms with Crippen molar-refractivity contribution in [3.63, 3.8) is 0 Å². The van der Waals surface area contributed by atoms with Gasteiger partial charge in [-0.05, 0) is 31.0 Å². The summed E-state index contributed by atoms with van der Waals surface area (Å²) in [5.74, 6) is -1.89. The molecule has 2 N–H and O–H groups in total. The van der Waals surface area contributed by atoms with E-state index in [1.807, 2.05) is 0 Å². The molecule has 3 aromatic heterocycles. The molecule has 1 aliphatic carbocycles. The number of benzene rings is 1. The van der Waals surface area contributed by atoms with E-state index in [1.54, 1.807) is 27.6 Å². The molecule has 1 aromatic carbocycles. The fraction of sp³-hybridized carbons (Fsp3) is 0.280. The van der Waals surface area contributed by atoms with Crippen molar-refractivity contribution in [2.75, 3.05) is 13.6 Å². The Kier molecular flexibility index (Phi) is 5.45. The summed E-state index contributed by atoms with van der Waals surface area (Å²) in [6.07, 6.45) is 5.25. The minimum Gasteiger partial charge on any atom is -0.478 e. The van der Waals surface area contributed by atoms with E-state index in [-0.39, 0.29) is 28.9 Å². The minimum absolute atomic E-state index is 0.0304. The molecular weight excluding hydrogens is 517 g/mol. The summed E-state index contributed by atoms with van der Waals surface area (Å²) in [4.78, 5) is 52.6. The van der Waals surface area contributed by atoms with Crippen molar-refractivity contribution in [2.24, 2.45) is 0 Å². The predicted octanol–water partition coefficient (Wildman–Crippen LogP) is 3.06. The van der Waals surface area contributed by atoms with Gasteiger partial charge in [-0.2, -0.15) is 5.10 Å². The van der Waals surface area contributed by atoms with Crippen molar-refractivity contribution < 1.29 is 23.9 Å². The molecule has 0 radical (unpaired) electrons. The molecule has 13 heteroatoms. The molecule has 2 aliphatic rings. The average molecular weight is 538 g/mol. The number of nitrogens with zero attached hydrogens (tertiary/aromatic N) is 6. The van der Waals surface area contributed by atoms with E-state index < -0.39 is 17.3 Å². The Morgan fingerprint density at radius 3 is 2.55 bits per heavy atom. The normalized spacial score (nSPS) is 15.8. The summed E-state index contributed by atoms with van der Waals surface area (Å²) in [5, 5.41) is 14.0. The number of carboxylic acids is 1. The zero-order valence-electron chi connectivity index (χ0n) is 20.1. The van der Waals surface area contributed by atoms with E-state index in [0.29, 0.717) is 59.6 Å². The van der Waals surface area contributed by atoms with E-state index in [0.717, 1.165) is 0 Å². The van der Waals surface area contributed by atoms with Gasteiger partial charge in [0.1, 0.15) is 17.1 Å². The number of nitrogens with one attached hydrogen (secondary N) is 1. The highest BCUT2D eigenvalue weighted by molar-refractivity contribution is 6.31. The van der Waals surface area contributed by atoms with Crippen LogP contribution in [0.5, 0.6) is 0 Å². The van der Waals surface area contributed by atoms with Crippen molar-refractivity contribution >= 4 is 40.3 Å². The molecule has 1 fully saturated rings. The Bertz CT molecular complexity index is 1590. The van der Waals surface area contributed by atoms with E-state index in [2.05, 4.69) is 20.1 Å². The van der Waals surface area contributed by atoms with Gasteiger partial charge in [0.15, 0.2) is 5.82 Å². The highest BCUT2D eigenvalue weighted by atomic mass is 35.5. The van der Waals surface area contributed by atoms with Gasteiger partial charge in [-0.25, -0.2) is 19.2 Å². The number of amides is 2. The SMILES string of the molecule is CN(C(=O)c1cnn2c1CN(C(=O)c1cc3cc(F)c(Cl)cc3[nH]1)CC2)C1(c2ncc(C(=O)O)cn2)CC1. The molecule has 4 heterocycles. The third-order valence-corrected chi connectivity index (χ3v) is 7.56. The number of aromatic carboxylic acids is 1. The molecule has 11 nitrogen and oxygen atoms in total. The number of aromatic nitrogens is 5. The van der Waals surface area contributed by atoms with Gasteiger partial charge in [-0.15, -0.1) is 0 Å². The third-order valence-electron chi connectivity index (χ3n) is 7.27. The second-order valence-electron chi connectivity index (χ2n) is 9.49. The molecule has 1 saturated carbocycles. The Labute approximate surface area is 219 Å². The first kappa shape index (κ1) is 24.0. The fourth-order valence-electron chi connectivity index (χ4n) is 4.89. The highest BCUT2D eigenvalue weighted by Gasteiger charge is 2.53. The molecule has 0 saturated heterocycles. The molecule has 4 aromatic rings. The maximum atomic E-state index is 13.9. The van der Waals surface area contributed by atoms with E-state index in [4.69, 9.17) is 16.7 Å². The average Bonchev–Trinajstić information content (AvgIpc) is 3.46. The van der Waals surface area contributed by atoms with Crippen molar-refractivity contribution in [2.45, 2.75) is 31.5 Å². The molecule has 0 spiro atoms. The van der Waals surface area contributed by atoms with Crippen molar-refractivity contribution in [3.8, 4) is 0 Å². The quantitative estimate of drug-likeness (QED) is 0.399. The van der Waals surface area contributed by atoms with Crippen LogP contribution in [0.25, 0.3) is 10.9 Å². The number of hydrogen-bond acceptors (Lipinski definition) is 6. The van der Waals surface area contributed by atoms with Crippen LogP contribution in [-0.2, 0) is 18.6 Å². The van der Waals surface area contributed by atoms with Crippen LogP contribution < -0.4 is 0 Å². The van der Waals surface area contributed by atoms with Crippen LogP contribution in [0, 0.1) is 5.82 Å². The van der Waals surface area contributed by atoms with Gasteiger partial charge in [0.25, 0.3) is 11.8 Å². The molecule has 194 valence electrons. The highest BCUT2D eigenvalue weighted by Crippen LogP contribution is 2.49. The lowest BCUT2D eigenvalue weighted by atomic mass is 10.1. The van der Waals surface area contributed by atoms with Crippen LogP contribution in [-0.4, -0.2) is 71.0 Å². The summed E-state index contributed by atoms with van der Waals surface area (Å²) >= 11 is 5.87. The Hall–Kier alpha value is -4.32. The first-order chi connectivity index (χ1) is 18.2. The fourth-order valence-corrected chi connectivity index (χ4v) is 5.05. The van der Waals surface area contributed by atoms with Crippen LogP contribution in [0.4, 0.5) is 4.39 Å². The number of carbonyl (C=O) groups is 3. The van der Waals surface area contributed by atoms with E-state index >= 15 is 0 Å². The summed E-state index contributed by atoms with van der Waals surface area (Å²) in [5.41, 5.74) is 1.05. The maximum Gasteiger partial charge on any atom is 0.338 e. The first-order valence-corrected chi connectivity index (χ1v) is 12.2. The van der Waals surface area contributed by atoms with Gasteiger partial charge in [0, 0.05) is 36.9 Å². The van der Waals surface area contributed by atoms with E-state index in [9.17, 15) is 18.8 Å². The van der Waals surface area contributed by atoms with Crippen molar-refractivity contribution in [1.29, 1.82) is 0 Å². The number of hydrogen-bond donors (Lipinski definition) is 2. The molecular formula is C25H21ClFN7O4. The van der Waals surface area contributed by atoms with Crippen LogP contribution >= 0.6 is 11.6 Å². The number of fused-ring (bicyclic) bond motifs is 2.